The Morgan fingerprint density at radius 3 is 2.13 bits per heavy atom. The van der Waals surface area contributed by atoms with E-state index in [1.165, 1.54) is 6.07 Å². The van der Waals surface area contributed by atoms with Crippen LogP contribution in [0.15, 0.2) is 60.9 Å². The van der Waals surface area contributed by atoms with Gasteiger partial charge < -0.3 is 20.6 Å². The lowest BCUT2D eigenvalue weighted by Crippen LogP contribution is -2.00. The second kappa shape index (κ2) is 6.27. The van der Waals surface area contributed by atoms with Gasteiger partial charge in [-0.25, -0.2) is 0 Å². The molecule has 0 saturated heterocycles. The van der Waals surface area contributed by atoms with Gasteiger partial charge in [0, 0.05) is 30.6 Å². The largest absolute Gasteiger partial charge is 0.508 e. The first-order chi connectivity index (χ1) is 11.1. The minimum atomic E-state index is 0.0257. The summed E-state index contributed by atoms with van der Waals surface area (Å²) in [6, 6.07) is 13.3. The summed E-state index contributed by atoms with van der Waals surface area (Å²) in [4.78, 5) is 4.21. The third-order valence-corrected chi connectivity index (χ3v) is 3.40. The number of nitrogens with zero attached hydrogens (tertiary/aromatic N) is 1. The lowest BCUT2D eigenvalue weighted by atomic mass is 10.1. The van der Waals surface area contributed by atoms with E-state index in [1.54, 1.807) is 36.7 Å². The van der Waals surface area contributed by atoms with Gasteiger partial charge in [0.1, 0.15) is 17.2 Å². The number of aromatic nitrogens is 1. The van der Waals surface area contributed by atoms with Crippen molar-refractivity contribution >= 4 is 5.69 Å². The highest BCUT2D eigenvalue weighted by Gasteiger charge is 2.02. The summed E-state index contributed by atoms with van der Waals surface area (Å²) >= 11 is 0. The molecule has 0 bridgehead atoms. The zero-order valence-corrected chi connectivity index (χ0v) is 12.3. The molecule has 0 atom stereocenters. The van der Waals surface area contributed by atoms with Crippen LogP contribution in [0.5, 0.6) is 17.2 Å². The van der Waals surface area contributed by atoms with Gasteiger partial charge in [-0.2, -0.15) is 0 Å². The minimum absolute atomic E-state index is 0.0257. The van der Waals surface area contributed by atoms with Gasteiger partial charge in [-0.3, -0.25) is 4.98 Å². The number of hydrogen-bond donors (Lipinski definition) is 4. The van der Waals surface area contributed by atoms with Gasteiger partial charge in [0.2, 0.25) is 0 Å². The minimum Gasteiger partial charge on any atom is -0.508 e. The lowest BCUT2D eigenvalue weighted by Gasteiger charge is -2.09. The SMILES string of the molecule is Oc1ccc(-c2cncc(NCc3cc(O)cc(O)c3)c2)cc1. The highest BCUT2D eigenvalue weighted by atomic mass is 16.3. The number of aromatic hydroxyl groups is 3. The van der Waals surface area contributed by atoms with E-state index < -0.39 is 0 Å². The number of phenolic OH excluding ortho intramolecular Hbond substituents is 3. The Hall–Kier alpha value is -3.21. The second-order valence-electron chi connectivity index (χ2n) is 5.22. The van der Waals surface area contributed by atoms with E-state index in [4.69, 9.17) is 0 Å². The van der Waals surface area contributed by atoms with Crippen molar-refractivity contribution in [2.24, 2.45) is 0 Å². The topological polar surface area (TPSA) is 85.6 Å². The first-order valence-electron chi connectivity index (χ1n) is 7.10. The number of rotatable bonds is 4. The fraction of sp³-hybridized carbons (Fsp3) is 0.0556. The molecule has 0 spiro atoms. The number of pyridine rings is 1. The van der Waals surface area contributed by atoms with Crippen molar-refractivity contribution in [1.29, 1.82) is 0 Å². The van der Waals surface area contributed by atoms with Gasteiger partial charge in [0.25, 0.3) is 0 Å². The van der Waals surface area contributed by atoms with Crippen molar-refractivity contribution in [3.63, 3.8) is 0 Å². The van der Waals surface area contributed by atoms with Crippen LogP contribution >= 0.6 is 0 Å². The third kappa shape index (κ3) is 3.71. The van der Waals surface area contributed by atoms with Crippen molar-refractivity contribution in [3.05, 3.63) is 66.5 Å². The summed E-state index contributed by atoms with van der Waals surface area (Å²) < 4.78 is 0. The van der Waals surface area contributed by atoms with Crippen LogP contribution in [-0.2, 0) is 6.54 Å². The molecule has 3 rings (SSSR count). The summed E-state index contributed by atoms with van der Waals surface area (Å²) in [5.74, 6) is 0.273. The first kappa shape index (κ1) is 14.7. The summed E-state index contributed by atoms with van der Waals surface area (Å²) in [6.45, 7) is 0.447. The molecule has 0 amide bonds. The summed E-state index contributed by atoms with van der Waals surface area (Å²) in [5.41, 5.74) is 3.46. The lowest BCUT2D eigenvalue weighted by molar-refractivity contribution is 0.449. The molecule has 2 aromatic carbocycles. The maximum Gasteiger partial charge on any atom is 0.119 e. The quantitative estimate of drug-likeness (QED) is 0.593. The molecule has 4 N–H and O–H groups in total. The first-order valence-corrected chi connectivity index (χ1v) is 7.10. The van der Waals surface area contributed by atoms with Gasteiger partial charge in [-0.1, -0.05) is 12.1 Å². The molecular formula is C18H16N2O3. The van der Waals surface area contributed by atoms with E-state index in [9.17, 15) is 15.3 Å². The Balaban J connectivity index is 1.76. The zero-order chi connectivity index (χ0) is 16.2. The molecule has 0 unspecified atom stereocenters. The van der Waals surface area contributed by atoms with Crippen molar-refractivity contribution < 1.29 is 15.3 Å². The standard InChI is InChI=1S/C18H16N2O3/c21-16-3-1-13(2-4-16)14-7-15(11-19-10-14)20-9-12-5-17(22)8-18(23)6-12/h1-8,10-11,20-23H,9H2. The molecule has 23 heavy (non-hydrogen) atoms. The van der Waals surface area contributed by atoms with Crippen molar-refractivity contribution in [3.8, 4) is 28.4 Å². The van der Waals surface area contributed by atoms with Gasteiger partial charge in [0.05, 0.1) is 5.69 Å². The van der Waals surface area contributed by atoms with Crippen LogP contribution in [0.25, 0.3) is 11.1 Å². The van der Waals surface area contributed by atoms with E-state index in [0.717, 1.165) is 22.4 Å². The number of benzene rings is 2. The molecule has 5 heteroatoms. The summed E-state index contributed by atoms with van der Waals surface area (Å²) in [5, 5.41) is 31.5. The smallest absolute Gasteiger partial charge is 0.119 e. The second-order valence-corrected chi connectivity index (χ2v) is 5.22. The Bertz CT molecular complexity index is 797. The van der Waals surface area contributed by atoms with Crippen molar-refractivity contribution in [2.45, 2.75) is 6.54 Å². The van der Waals surface area contributed by atoms with Gasteiger partial charge >= 0.3 is 0 Å². The average molecular weight is 308 g/mol. The van der Waals surface area contributed by atoms with E-state index in [1.807, 2.05) is 18.2 Å². The van der Waals surface area contributed by atoms with E-state index in [0.29, 0.717) is 6.54 Å². The van der Waals surface area contributed by atoms with Crippen LogP contribution < -0.4 is 5.32 Å². The zero-order valence-electron chi connectivity index (χ0n) is 12.3. The molecule has 1 heterocycles. The Morgan fingerprint density at radius 1 is 0.739 bits per heavy atom. The highest BCUT2D eigenvalue weighted by molar-refractivity contribution is 5.67. The van der Waals surface area contributed by atoms with Crippen LogP contribution in [0.2, 0.25) is 0 Å². The monoisotopic (exact) mass is 308 g/mol. The molecule has 0 saturated carbocycles. The molecule has 116 valence electrons. The van der Waals surface area contributed by atoms with Crippen molar-refractivity contribution in [2.75, 3.05) is 5.32 Å². The summed E-state index contributed by atoms with van der Waals surface area (Å²) in [6.07, 6.45) is 3.45. The summed E-state index contributed by atoms with van der Waals surface area (Å²) in [7, 11) is 0. The van der Waals surface area contributed by atoms with Crippen molar-refractivity contribution in [1.82, 2.24) is 4.98 Å². The molecule has 5 nitrogen and oxygen atoms in total. The predicted octanol–water partition coefficient (Wildman–Crippen LogP) is 3.48. The molecule has 0 aliphatic heterocycles. The Morgan fingerprint density at radius 2 is 1.43 bits per heavy atom. The molecule has 0 fully saturated rings. The Labute approximate surface area is 133 Å². The molecule has 0 aliphatic carbocycles. The highest BCUT2D eigenvalue weighted by Crippen LogP contribution is 2.24. The van der Waals surface area contributed by atoms with E-state index in [-0.39, 0.29) is 17.2 Å². The molecule has 0 aliphatic rings. The van der Waals surface area contributed by atoms with Crippen LogP contribution in [0.1, 0.15) is 5.56 Å². The average Bonchev–Trinajstić information content (AvgIpc) is 2.53. The number of anilines is 1. The van der Waals surface area contributed by atoms with Gasteiger partial charge in [-0.15, -0.1) is 0 Å². The van der Waals surface area contributed by atoms with E-state index >= 15 is 0 Å². The molecular weight excluding hydrogens is 292 g/mol. The van der Waals surface area contributed by atoms with Crippen LogP contribution in [0.3, 0.4) is 0 Å². The number of hydrogen-bond acceptors (Lipinski definition) is 5. The predicted molar refractivity (Wildman–Crippen MR) is 88.4 cm³/mol. The molecule has 3 aromatic rings. The Kier molecular flexibility index (Phi) is 4.01. The maximum atomic E-state index is 9.49. The molecule has 0 radical (unpaired) electrons. The van der Waals surface area contributed by atoms with Crippen LogP contribution in [0, 0.1) is 0 Å². The van der Waals surface area contributed by atoms with Gasteiger partial charge in [-0.05, 0) is 41.5 Å². The third-order valence-electron chi connectivity index (χ3n) is 3.40. The normalized spacial score (nSPS) is 10.4. The number of phenols is 3. The fourth-order valence-electron chi connectivity index (χ4n) is 2.31. The fourth-order valence-corrected chi connectivity index (χ4v) is 2.31. The van der Waals surface area contributed by atoms with E-state index in [2.05, 4.69) is 10.3 Å². The maximum absolute atomic E-state index is 9.49. The van der Waals surface area contributed by atoms with Crippen LogP contribution in [-0.4, -0.2) is 20.3 Å². The van der Waals surface area contributed by atoms with Crippen LogP contribution in [0.4, 0.5) is 5.69 Å². The molecule has 1 aromatic heterocycles. The van der Waals surface area contributed by atoms with Gasteiger partial charge in [0.15, 0.2) is 0 Å². The number of nitrogens with one attached hydrogen (secondary N) is 1.